The fraction of sp³-hybridized carbons (Fsp3) is 0.688. The van der Waals surface area contributed by atoms with Crippen LogP contribution in [0.25, 0.3) is 5.57 Å². The summed E-state index contributed by atoms with van der Waals surface area (Å²) in [6.07, 6.45) is 17.7. The number of benzene rings is 1. The van der Waals surface area contributed by atoms with Crippen LogP contribution in [0.3, 0.4) is 0 Å². The average Bonchev–Trinajstić information content (AvgIpc) is 3.17. The van der Waals surface area contributed by atoms with Crippen LogP contribution < -0.4 is 0 Å². The molecule has 8 unspecified atom stereocenters. The zero-order chi connectivity index (χ0) is 23.2. The molecule has 180 valence electrons. The van der Waals surface area contributed by atoms with Gasteiger partial charge in [-0.05, 0) is 123 Å². The standard InChI is InChI=1S/C32H46O/c1-22(24-11-6-5-7-12-24)9-8-10-23(2)28-15-16-29-27-14-13-25-21-26(33)17-19-31(25,3)30(27)18-20-32(28,29)4/h5-7,9,11-13,23,26-30,33H,8,10,14-21H2,1-4H3/b22-9+. The minimum absolute atomic E-state index is 0.0916. The van der Waals surface area contributed by atoms with E-state index in [4.69, 9.17) is 0 Å². The molecule has 1 aromatic carbocycles. The van der Waals surface area contributed by atoms with Crippen molar-refractivity contribution in [2.45, 2.75) is 98.0 Å². The van der Waals surface area contributed by atoms with Crippen LogP contribution in [-0.4, -0.2) is 11.2 Å². The molecule has 5 rings (SSSR count). The largest absolute Gasteiger partial charge is 0.393 e. The van der Waals surface area contributed by atoms with E-state index in [1.165, 1.54) is 62.5 Å². The highest BCUT2D eigenvalue weighted by Gasteiger charge is 2.59. The number of hydrogen-bond acceptors (Lipinski definition) is 1. The Morgan fingerprint density at radius 1 is 1.06 bits per heavy atom. The van der Waals surface area contributed by atoms with Crippen molar-refractivity contribution in [3.8, 4) is 0 Å². The maximum Gasteiger partial charge on any atom is 0.0577 e. The van der Waals surface area contributed by atoms with Crippen molar-refractivity contribution in [3.63, 3.8) is 0 Å². The Labute approximate surface area is 202 Å². The molecule has 0 heterocycles. The van der Waals surface area contributed by atoms with Crippen LogP contribution in [-0.2, 0) is 0 Å². The summed E-state index contributed by atoms with van der Waals surface area (Å²) in [4.78, 5) is 0. The lowest BCUT2D eigenvalue weighted by Crippen LogP contribution is -2.50. The number of allylic oxidation sites excluding steroid dienone is 3. The average molecular weight is 447 g/mol. The van der Waals surface area contributed by atoms with E-state index in [-0.39, 0.29) is 6.10 Å². The van der Waals surface area contributed by atoms with Gasteiger partial charge in [-0.15, -0.1) is 0 Å². The smallest absolute Gasteiger partial charge is 0.0577 e. The van der Waals surface area contributed by atoms with Gasteiger partial charge in [-0.3, -0.25) is 0 Å². The highest BCUT2D eigenvalue weighted by atomic mass is 16.3. The molecular weight excluding hydrogens is 400 g/mol. The second kappa shape index (κ2) is 9.03. The monoisotopic (exact) mass is 446 g/mol. The first kappa shape index (κ1) is 23.4. The van der Waals surface area contributed by atoms with Crippen molar-refractivity contribution in [1.29, 1.82) is 0 Å². The minimum atomic E-state index is -0.0916. The van der Waals surface area contributed by atoms with Gasteiger partial charge < -0.3 is 5.11 Å². The maximum atomic E-state index is 10.3. The first-order chi connectivity index (χ1) is 15.8. The summed E-state index contributed by atoms with van der Waals surface area (Å²) in [5, 5.41) is 10.3. The fourth-order valence-electron chi connectivity index (χ4n) is 9.20. The van der Waals surface area contributed by atoms with Gasteiger partial charge >= 0.3 is 0 Å². The van der Waals surface area contributed by atoms with Crippen molar-refractivity contribution in [2.75, 3.05) is 0 Å². The van der Waals surface area contributed by atoms with Crippen LogP contribution in [0.4, 0.5) is 0 Å². The molecule has 0 aliphatic heterocycles. The van der Waals surface area contributed by atoms with Crippen molar-refractivity contribution in [1.82, 2.24) is 0 Å². The maximum absolute atomic E-state index is 10.3. The van der Waals surface area contributed by atoms with Crippen molar-refractivity contribution < 1.29 is 5.11 Å². The predicted octanol–water partition coefficient (Wildman–Crippen LogP) is 8.45. The molecular formula is C32H46O. The topological polar surface area (TPSA) is 20.2 Å². The lowest BCUT2D eigenvalue weighted by molar-refractivity contribution is -0.0570. The summed E-state index contributed by atoms with van der Waals surface area (Å²) in [6.45, 7) is 10.1. The summed E-state index contributed by atoms with van der Waals surface area (Å²) in [7, 11) is 0. The molecule has 1 heteroatoms. The molecule has 3 fully saturated rings. The van der Waals surface area contributed by atoms with Crippen LogP contribution in [0.1, 0.15) is 97.5 Å². The molecule has 1 aromatic rings. The van der Waals surface area contributed by atoms with E-state index in [1.54, 1.807) is 5.57 Å². The summed E-state index contributed by atoms with van der Waals surface area (Å²) in [5.74, 6) is 4.34. The number of aliphatic hydroxyl groups is 1. The normalized spacial score (nSPS) is 41.5. The summed E-state index contributed by atoms with van der Waals surface area (Å²) in [6, 6.07) is 10.8. The summed E-state index contributed by atoms with van der Waals surface area (Å²) < 4.78 is 0. The van der Waals surface area contributed by atoms with Crippen molar-refractivity contribution in [3.05, 3.63) is 53.6 Å². The molecule has 4 aliphatic rings. The molecule has 3 saturated carbocycles. The molecule has 1 nitrogen and oxygen atoms in total. The SMILES string of the molecule is C/C(=C\CCC(C)C1CCC2C3CC=C4CC(O)CCC4(C)C3CCC12C)c1ccccc1. The second-order valence-electron chi connectivity index (χ2n) is 12.7. The van der Waals surface area contributed by atoms with Gasteiger partial charge in [-0.2, -0.15) is 0 Å². The van der Waals surface area contributed by atoms with Crippen LogP contribution >= 0.6 is 0 Å². The van der Waals surface area contributed by atoms with Gasteiger partial charge in [-0.1, -0.05) is 68.8 Å². The molecule has 4 aliphatic carbocycles. The van der Waals surface area contributed by atoms with Gasteiger partial charge in [0.2, 0.25) is 0 Å². The molecule has 0 spiro atoms. The Morgan fingerprint density at radius 3 is 2.64 bits per heavy atom. The van der Waals surface area contributed by atoms with Gasteiger partial charge in [0.05, 0.1) is 6.10 Å². The van der Waals surface area contributed by atoms with Gasteiger partial charge in [-0.25, -0.2) is 0 Å². The van der Waals surface area contributed by atoms with E-state index in [9.17, 15) is 5.11 Å². The van der Waals surface area contributed by atoms with Gasteiger partial charge in [0.15, 0.2) is 0 Å². The van der Waals surface area contributed by atoms with E-state index in [0.717, 1.165) is 42.4 Å². The zero-order valence-corrected chi connectivity index (χ0v) is 21.5. The molecule has 0 bridgehead atoms. The number of hydrogen-bond donors (Lipinski definition) is 1. The summed E-state index contributed by atoms with van der Waals surface area (Å²) >= 11 is 0. The highest BCUT2D eigenvalue weighted by molar-refractivity contribution is 5.63. The van der Waals surface area contributed by atoms with Crippen molar-refractivity contribution in [2.24, 2.45) is 40.4 Å². The number of rotatable bonds is 5. The van der Waals surface area contributed by atoms with E-state index in [1.807, 2.05) is 0 Å². The van der Waals surface area contributed by atoms with E-state index in [0.29, 0.717) is 10.8 Å². The second-order valence-corrected chi connectivity index (χ2v) is 12.7. The highest BCUT2D eigenvalue weighted by Crippen LogP contribution is 2.67. The third-order valence-electron chi connectivity index (χ3n) is 11.1. The van der Waals surface area contributed by atoms with Crippen molar-refractivity contribution >= 4 is 5.57 Å². The van der Waals surface area contributed by atoms with Gasteiger partial charge in [0.1, 0.15) is 0 Å². The van der Waals surface area contributed by atoms with E-state index in [2.05, 4.69) is 70.2 Å². The van der Waals surface area contributed by atoms with Crippen LogP contribution in [0.5, 0.6) is 0 Å². The predicted molar refractivity (Wildman–Crippen MR) is 140 cm³/mol. The lowest BCUT2D eigenvalue weighted by atomic mass is 9.47. The molecule has 0 amide bonds. The Bertz CT molecular complexity index is 896. The Kier molecular flexibility index (Phi) is 6.40. The van der Waals surface area contributed by atoms with Gasteiger partial charge in [0.25, 0.3) is 0 Å². The fourth-order valence-corrected chi connectivity index (χ4v) is 9.20. The number of fused-ring (bicyclic) bond motifs is 5. The van der Waals surface area contributed by atoms with Crippen LogP contribution in [0.15, 0.2) is 48.1 Å². The molecule has 0 radical (unpaired) electrons. The quantitative estimate of drug-likeness (QED) is 0.450. The Morgan fingerprint density at radius 2 is 1.85 bits per heavy atom. The zero-order valence-electron chi connectivity index (χ0n) is 21.5. The van der Waals surface area contributed by atoms with E-state index >= 15 is 0 Å². The summed E-state index contributed by atoms with van der Waals surface area (Å²) in [5.41, 5.74) is 5.30. The molecule has 0 saturated heterocycles. The number of aliphatic hydroxyl groups excluding tert-OH is 1. The van der Waals surface area contributed by atoms with Crippen LogP contribution in [0.2, 0.25) is 0 Å². The molecule has 33 heavy (non-hydrogen) atoms. The third-order valence-corrected chi connectivity index (χ3v) is 11.1. The first-order valence-electron chi connectivity index (χ1n) is 13.9. The van der Waals surface area contributed by atoms with Gasteiger partial charge in [0, 0.05) is 0 Å². The first-order valence-corrected chi connectivity index (χ1v) is 13.9. The molecule has 1 N–H and O–H groups in total. The molecule has 8 atom stereocenters. The van der Waals surface area contributed by atoms with E-state index < -0.39 is 0 Å². The minimum Gasteiger partial charge on any atom is -0.393 e. The Balaban J connectivity index is 1.26. The third kappa shape index (κ3) is 4.07. The van der Waals surface area contributed by atoms with Crippen LogP contribution in [0, 0.1) is 40.4 Å². The molecule has 0 aromatic heterocycles. The Hall–Kier alpha value is -1.34. The lowest BCUT2D eigenvalue weighted by Gasteiger charge is -2.58.